The monoisotopic (exact) mass is 212 g/mol. The molecule has 0 amide bonds. The van der Waals surface area contributed by atoms with Gasteiger partial charge in [-0.3, -0.25) is 0 Å². The first-order valence-electron chi connectivity index (χ1n) is 4.62. The van der Waals surface area contributed by atoms with Crippen LogP contribution in [-0.4, -0.2) is 30.8 Å². The van der Waals surface area contributed by atoms with Crippen molar-refractivity contribution in [2.45, 2.75) is 17.9 Å². The summed E-state index contributed by atoms with van der Waals surface area (Å²) in [5.41, 5.74) is 0. The van der Waals surface area contributed by atoms with Crippen LogP contribution >= 0.6 is 0 Å². The maximum Gasteiger partial charge on any atom is 0.260 e. The summed E-state index contributed by atoms with van der Waals surface area (Å²) in [5.74, 6) is 0. The number of aromatic nitrogens is 1. The normalized spacial score (nSPS) is 18.6. The molecular formula is C9H12N2O2S. The molecule has 1 aliphatic rings. The van der Waals surface area contributed by atoms with Gasteiger partial charge in [-0.15, -0.1) is 0 Å². The Morgan fingerprint density at radius 2 is 1.93 bits per heavy atom. The van der Waals surface area contributed by atoms with Crippen molar-refractivity contribution < 1.29 is 8.42 Å². The van der Waals surface area contributed by atoms with Crippen LogP contribution in [0.2, 0.25) is 0 Å². The van der Waals surface area contributed by atoms with Crippen molar-refractivity contribution in [3.63, 3.8) is 0 Å². The first kappa shape index (κ1) is 9.61. The van der Waals surface area contributed by atoms with E-state index in [1.165, 1.54) is 16.6 Å². The molecule has 5 heteroatoms. The fraction of sp³-hybridized carbons (Fsp3) is 0.444. The van der Waals surface area contributed by atoms with Crippen LogP contribution in [0, 0.1) is 0 Å². The van der Waals surface area contributed by atoms with E-state index in [9.17, 15) is 8.42 Å². The van der Waals surface area contributed by atoms with E-state index in [4.69, 9.17) is 0 Å². The maximum atomic E-state index is 11.9. The number of sulfonamides is 1. The van der Waals surface area contributed by atoms with E-state index in [0.717, 1.165) is 12.8 Å². The van der Waals surface area contributed by atoms with Gasteiger partial charge in [0, 0.05) is 19.3 Å². The molecule has 0 atom stereocenters. The highest BCUT2D eigenvalue weighted by Crippen LogP contribution is 2.18. The molecule has 0 bridgehead atoms. The van der Waals surface area contributed by atoms with Crippen molar-refractivity contribution in [2.75, 3.05) is 13.1 Å². The van der Waals surface area contributed by atoms with Gasteiger partial charge in [0.1, 0.15) is 0 Å². The minimum atomic E-state index is -3.32. The molecule has 4 nitrogen and oxygen atoms in total. The smallest absolute Gasteiger partial charge is 0.243 e. The van der Waals surface area contributed by atoms with Crippen molar-refractivity contribution in [1.82, 2.24) is 9.29 Å². The fourth-order valence-electron chi connectivity index (χ4n) is 1.56. The van der Waals surface area contributed by atoms with E-state index < -0.39 is 10.0 Å². The van der Waals surface area contributed by atoms with Crippen LogP contribution in [0.25, 0.3) is 0 Å². The lowest BCUT2D eigenvalue weighted by Crippen LogP contribution is -2.28. The molecule has 0 aliphatic carbocycles. The molecule has 1 saturated heterocycles. The second-order valence-corrected chi connectivity index (χ2v) is 5.16. The molecule has 1 aromatic heterocycles. The lowest BCUT2D eigenvalue weighted by Gasteiger charge is -2.13. The number of pyridine rings is 1. The molecule has 1 fully saturated rings. The van der Waals surface area contributed by atoms with Crippen molar-refractivity contribution in [1.29, 1.82) is 0 Å². The van der Waals surface area contributed by atoms with Gasteiger partial charge in [-0.25, -0.2) is 13.4 Å². The summed E-state index contributed by atoms with van der Waals surface area (Å²) in [5, 5.41) is 0.155. The second kappa shape index (κ2) is 3.67. The van der Waals surface area contributed by atoms with Gasteiger partial charge in [0.25, 0.3) is 10.0 Å². The van der Waals surface area contributed by atoms with Crippen molar-refractivity contribution in [3.8, 4) is 0 Å². The van der Waals surface area contributed by atoms with Crippen molar-refractivity contribution >= 4 is 10.0 Å². The molecule has 0 N–H and O–H groups in total. The van der Waals surface area contributed by atoms with Crippen LogP contribution in [0.3, 0.4) is 0 Å². The molecular weight excluding hydrogens is 200 g/mol. The van der Waals surface area contributed by atoms with Gasteiger partial charge in [0.05, 0.1) is 0 Å². The zero-order valence-electron chi connectivity index (χ0n) is 7.76. The molecule has 1 aliphatic heterocycles. The molecule has 1 aromatic rings. The summed E-state index contributed by atoms with van der Waals surface area (Å²) in [4.78, 5) is 3.87. The van der Waals surface area contributed by atoms with Crippen LogP contribution in [-0.2, 0) is 10.0 Å². The summed E-state index contributed by atoms with van der Waals surface area (Å²) in [6.07, 6.45) is 3.40. The summed E-state index contributed by atoms with van der Waals surface area (Å²) in [7, 11) is -3.32. The number of rotatable bonds is 2. The van der Waals surface area contributed by atoms with Crippen LogP contribution in [0.5, 0.6) is 0 Å². The minimum absolute atomic E-state index is 0.155. The van der Waals surface area contributed by atoms with Crippen LogP contribution < -0.4 is 0 Å². The van der Waals surface area contributed by atoms with Crippen LogP contribution in [0.4, 0.5) is 0 Å². The Morgan fingerprint density at radius 1 is 1.21 bits per heavy atom. The summed E-state index contributed by atoms with van der Waals surface area (Å²) < 4.78 is 25.3. The van der Waals surface area contributed by atoms with Gasteiger partial charge in [0.2, 0.25) is 0 Å². The predicted molar refractivity (Wildman–Crippen MR) is 52.2 cm³/mol. The standard InChI is InChI=1S/C9H12N2O2S/c12-14(13,11-7-3-4-8-11)9-5-1-2-6-10-9/h1-2,5-6H,3-4,7-8H2. The first-order valence-corrected chi connectivity index (χ1v) is 6.06. The fourth-order valence-corrected chi connectivity index (χ4v) is 3.01. The van der Waals surface area contributed by atoms with E-state index in [-0.39, 0.29) is 5.03 Å². The Morgan fingerprint density at radius 3 is 2.50 bits per heavy atom. The Labute approximate surface area is 83.6 Å². The first-order chi connectivity index (χ1) is 6.71. The van der Waals surface area contributed by atoms with Crippen LogP contribution in [0.15, 0.2) is 29.4 Å². The minimum Gasteiger partial charge on any atom is -0.243 e. The summed E-state index contributed by atoms with van der Waals surface area (Å²) >= 11 is 0. The quantitative estimate of drug-likeness (QED) is 0.730. The lowest BCUT2D eigenvalue weighted by molar-refractivity contribution is 0.474. The Balaban J connectivity index is 2.33. The zero-order chi connectivity index (χ0) is 10.0. The summed E-state index contributed by atoms with van der Waals surface area (Å²) in [6, 6.07) is 4.94. The van der Waals surface area contributed by atoms with Gasteiger partial charge in [0.15, 0.2) is 5.03 Å². The predicted octanol–water partition coefficient (Wildman–Crippen LogP) is 0.866. The number of nitrogens with zero attached hydrogens (tertiary/aromatic N) is 2. The van der Waals surface area contributed by atoms with E-state index in [2.05, 4.69) is 4.98 Å². The Hall–Kier alpha value is -0.940. The molecule has 2 rings (SSSR count). The van der Waals surface area contributed by atoms with Gasteiger partial charge in [-0.1, -0.05) is 6.07 Å². The largest absolute Gasteiger partial charge is 0.260 e. The van der Waals surface area contributed by atoms with Crippen LogP contribution in [0.1, 0.15) is 12.8 Å². The highest BCUT2D eigenvalue weighted by atomic mass is 32.2. The topological polar surface area (TPSA) is 50.3 Å². The number of hydrogen-bond donors (Lipinski definition) is 0. The van der Waals surface area contributed by atoms with Gasteiger partial charge >= 0.3 is 0 Å². The molecule has 76 valence electrons. The molecule has 0 unspecified atom stereocenters. The van der Waals surface area contributed by atoms with E-state index >= 15 is 0 Å². The van der Waals surface area contributed by atoms with E-state index in [1.54, 1.807) is 12.1 Å². The van der Waals surface area contributed by atoms with Crippen molar-refractivity contribution in [2.24, 2.45) is 0 Å². The molecule has 0 radical (unpaired) electrons. The Kier molecular flexibility index (Phi) is 2.52. The highest BCUT2D eigenvalue weighted by molar-refractivity contribution is 7.89. The second-order valence-electron chi connectivity index (χ2n) is 3.28. The summed E-state index contributed by atoms with van der Waals surface area (Å²) in [6.45, 7) is 1.25. The third-order valence-electron chi connectivity index (χ3n) is 2.31. The van der Waals surface area contributed by atoms with Gasteiger partial charge < -0.3 is 0 Å². The molecule has 0 saturated carbocycles. The third-order valence-corrected chi connectivity index (χ3v) is 4.12. The zero-order valence-corrected chi connectivity index (χ0v) is 8.57. The Bertz CT molecular complexity index is 396. The van der Waals surface area contributed by atoms with Crippen molar-refractivity contribution in [3.05, 3.63) is 24.4 Å². The molecule has 2 heterocycles. The SMILES string of the molecule is O=S(=O)(c1ccccn1)N1CCCC1. The third kappa shape index (κ3) is 1.65. The number of hydrogen-bond acceptors (Lipinski definition) is 3. The average Bonchev–Trinajstić information content (AvgIpc) is 2.72. The highest BCUT2D eigenvalue weighted by Gasteiger charge is 2.27. The van der Waals surface area contributed by atoms with Gasteiger partial charge in [-0.05, 0) is 25.0 Å². The average molecular weight is 212 g/mol. The molecule has 14 heavy (non-hydrogen) atoms. The molecule has 0 aromatic carbocycles. The van der Waals surface area contributed by atoms with Gasteiger partial charge in [-0.2, -0.15) is 4.31 Å². The molecule has 0 spiro atoms. The maximum absolute atomic E-state index is 11.9. The lowest BCUT2D eigenvalue weighted by atomic mass is 10.4. The van der Waals surface area contributed by atoms with E-state index in [0.29, 0.717) is 13.1 Å². The van der Waals surface area contributed by atoms with E-state index in [1.807, 2.05) is 0 Å².